The van der Waals surface area contributed by atoms with E-state index in [1.807, 2.05) is 29.2 Å². The van der Waals surface area contributed by atoms with E-state index in [4.69, 9.17) is 0 Å². The number of hydrogen-bond donors (Lipinski definition) is 0. The molecule has 0 aliphatic carbocycles. The molecule has 0 aromatic heterocycles. The molecule has 36 heavy (non-hydrogen) atoms. The monoisotopic (exact) mass is 614 g/mol. The van der Waals surface area contributed by atoms with E-state index in [9.17, 15) is 4.79 Å². The van der Waals surface area contributed by atoms with Gasteiger partial charge in [-0.05, 0) is 70.4 Å². The summed E-state index contributed by atoms with van der Waals surface area (Å²) in [6.07, 6.45) is 2.07. The van der Waals surface area contributed by atoms with Crippen molar-refractivity contribution in [3.8, 4) is 0 Å². The number of rotatable bonds is 10. The number of hydrogen-bond acceptors (Lipinski definition) is 1. The van der Waals surface area contributed by atoms with Gasteiger partial charge in [0.25, 0.3) is 5.91 Å². The van der Waals surface area contributed by atoms with Gasteiger partial charge >= 0.3 is 0 Å². The van der Waals surface area contributed by atoms with Crippen LogP contribution >= 0.6 is 15.9 Å². The molecule has 3 nitrogen and oxygen atoms in total. The van der Waals surface area contributed by atoms with Gasteiger partial charge in [0.2, 0.25) is 0 Å². The Kier molecular flexibility index (Phi) is 11.4. The van der Waals surface area contributed by atoms with Gasteiger partial charge in [0.15, 0.2) is 0 Å². The zero-order chi connectivity index (χ0) is 25.6. The van der Waals surface area contributed by atoms with Crippen molar-refractivity contribution in [2.75, 3.05) is 27.2 Å². The molecule has 0 radical (unpaired) electrons. The van der Waals surface area contributed by atoms with Crippen molar-refractivity contribution in [2.24, 2.45) is 0 Å². The van der Waals surface area contributed by atoms with E-state index in [1.165, 1.54) is 33.4 Å². The van der Waals surface area contributed by atoms with Gasteiger partial charge in [-0.2, -0.15) is 0 Å². The smallest absolute Gasteiger partial charge is 0.254 e. The molecule has 3 aromatic rings. The summed E-state index contributed by atoms with van der Waals surface area (Å²) in [5.41, 5.74) is 8.46. The molecule has 0 N–H and O–H groups in total. The highest BCUT2D eigenvalue weighted by Gasteiger charge is 2.19. The van der Waals surface area contributed by atoms with Gasteiger partial charge in [-0.15, -0.1) is 0 Å². The summed E-state index contributed by atoms with van der Waals surface area (Å²) >= 11 is 3.48. The maximum Gasteiger partial charge on any atom is 0.254 e. The van der Waals surface area contributed by atoms with Crippen molar-refractivity contribution in [1.29, 1.82) is 0 Å². The fourth-order valence-electron chi connectivity index (χ4n) is 4.98. The molecule has 0 aliphatic rings. The van der Waals surface area contributed by atoms with Crippen LogP contribution in [-0.4, -0.2) is 42.5 Å². The highest BCUT2D eigenvalue weighted by atomic mass is 79.9. The molecule has 3 aromatic carbocycles. The first-order valence-corrected chi connectivity index (χ1v) is 13.3. The van der Waals surface area contributed by atoms with E-state index in [0.29, 0.717) is 6.54 Å². The number of aryl methyl sites for hydroxylation is 4. The second kappa shape index (κ2) is 13.6. The van der Waals surface area contributed by atoms with Crippen LogP contribution in [0.1, 0.15) is 56.6 Å². The first kappa shape index (κ1) is 30.3. The third-order valence-electron chi connectivity index (χ3n) is 6.37. The quantitative estimate of drug-likeness (QED) is 0.245. The minimum Gasteiger partial charge on any atom is -1.00 e. The maximum absolute atomic E-state index is 13.4. The first-order valence-electron chi connectivity index (χ1n) is 12.5. The van der Waals surface area contributed by atoms with E-state index in [2.05, 4.69) is 94.1 Å². The van der Waals surface area contributed by atoms with Gasteiger partial charge in [-0.3, -0.25) is 4.79 Å². The molecule has 0 spiro atoms. The second-order valence-corrected chi connectivity index (χ2v) is 11.7. The highest BCUT2D eigenvalue weighted by molar-refractivity contribution is 9.10. The molecule has 0 aliphatic heterocycles. The molecule has 3 rings (SSSR count). The van der Waals surface area contributed by atoms with Crippen LogP contribution in [0.25, 0.3) is 0 Å². The number of halogens is 2. The lowest BCUT2D eigenvalue weighted by molar-refractivity contribution is -0.903. The summed E-state index contributed by atoms with van der Waals surface area (Å²) in [4.78, 5) is 15.4. The van der Waals surface area contributed by atoms with Gasteiger partial charge in [-0.1, -0.05) is 74.6 Å². The average molecular weight is 616 g/mol. The van der Waals surface area contributed by atoms with Crippen LogP contribution in [0.15, 0.2) is 65.1 Å². The van der Waals surface area contributed by atoms with Crippen molar-refractivity contribution in [3.05, 3.63) is 104 Å². The number of benzene rings is 3. The van der Waals surface area contributed by atoms with Gasteiger partial charge in [-0.25, -0.2) is 0 Å². The van der Waals surface area contributed by atoms with Gasteiger partial charge in [0.05, 0.1) is 20.6 Å². The van der Waals surface area contributed by atoms with Crippen LogP contribution in [0, 0.1) is 27.7 Å². The van der Waals surface area contributed by atoms with E-state index in [1.54, 1.807) is 0 Å². The van der Waals surface area contributed by atoms with Crippen LogP contribution < -0.4 is 17.0 Å². The maximum atomic E-state index is 13.4. The third kappa shape index (κ3) is 9.49. The molecular formula is C31H40Br2N2O. The predicted molar refractivity (Wildman–Crippen MR) is 151 cm³/mol. The van der Waals surface area contributed by atoms with Crippen LogP contribution in [0.4, 0.5) is 0 Å². The Bertz CT molecular complexity index is 1120. The van der Waals surface area contributed by atoms with Crippen molar-refractivity contribution >= 4 is 21.8 Å². The standard InChI is InChI=1S/C31H40BrN2O.BrH/c1-23-15-24(2)18-27(17-23)21-33(31(35)29-9-11-30(32)12-10-29)13-7-8-14-34(5,6)22-28-19-25(3)16-26(4)20-28;/h9-12,15-20H,7-8,13-14,21-22H2,1-6H3;1H/q+1;/p-1. The molecule has 194 valence electrons. The minimum absolute atomic E-state index is 0. The van der Waals surface area contributed by atoms with E-state index < -0.39 is 0 Å². The zero-order valence-corrected chi connectivity index (χ0v) is 25.7. The Balaban J connectivity index is 0.00000456. The Morgan fingerprint density at radius 2 is 1.28 bits per heavy atom. The van der Waals surface area contributed by atoms with Crippen LogP contribution in [0.3, 0.4) is 0 Å². The summed E-state index contributed by atoms with van der Waals surface area (Å²) < 4.78 is 1.93. The highest BCUT2D eigenvalue weighted by Crippen LogP contribution is 2.18. The summed E-state index contributed by atoms with van der Waals surface area (Å²) in [6, 6.07) is 21.1. The van der Waals surface area contributed by atoms with Crippen LogP contribution in [0.5, 0.6) is 0 Å². The number of nitrogens with zero attached hydrogens (tertiary/aromatic N) is 2. The zero-order valence-electron chi connectivity index (χ0n) is 22.6. The lowest BCUT2D eigenvalue weighted by Gasteiger charge is -2.31. The third-order valence-corrected chi connectivity index (χ3v) is 6.90. The molecule has 0 bridgehead atoms. The van der Waals surface area contributed by atoms with Crippen molar-refractivity contribution in [1.82, 2.24) is 4.90 Å². The Morgan fingerprint density at radius 3 is 1.81 bits per heavy atom. The molecule has 0 heterocycles. The van der Waals surface area contributed by atoms with Gasteiger partial charge < -0.3 is 26.4 Å². The number of amides is 1. The molecule has 0 fully saturated rings. The van der Waals surface area contributed by atoms with E-state index in [0.717, 1.165) is 47.0 Å². The lowest BCUT2D eigenvalue weighted by atomic mass is 10.1. The minimum atomic E-state index is 0. The SMILES string of the molecule is Cc1cc(C)cc(CN(CCCC[N+](C)(C)Cc2cc(C)cc(C)c2)C(=O)c2ccc(Br)cc2)c1.[Br-]. The van der Waals surface area contributed by atoms with Gasteiger partial charge in [0, 0.05) is 28.7 Å². The van der Waals surface area contributed by atoms with Crippen molar-refractivity contribution in [2.45, 2.75) is 53.6 Å². The molecule has 0 unspecified atom stereocenters. The topological polar surface area (TPSA) is 20.3 Å². The normalized spacial score (nSPS) is 11.2. The van der Waals surface area contributed by atoms with Gasteiger partial charge in [0.1, 0.15) is 6.54 Å². The summed E-state index contributed by atoms with van der Waals surface area (Å²) in [7, 11) is 4.61. The van der Waals surface area contributed by atoms with Crippen LogP contribution in [0.2, 0.25) is 0 Å². The van der Waals surface area contributed by atoms with E-state index in [-0.39, 0.29) is 22.9 Å². The van der Waals surface area contributed by atoms with Crippen molar-refractivity contribution < 1.29 is 26.3 Å². The predicted octanol–water partition coefficient (Wildman–Crippen LogP) is 4.39. The Labute approximate surface area is 237 Å². The molecular weight excluding hydrogens is 576 g/mol. The Morgan fingerprint density at radius 1 is 0.778 bits per heavy atom. The molecule has 0 atom stereocenters. The van der Waals surface area contributed by atoms with Crippen LogP contribution in [-0.2, 0) is 13.1 Å². The van der Waals surface area contributed by atoms with E-state index >= 15 is 0 Å². The lowest BCUT2D eigenvalue weighted by Crippen LogP contribution is -3.00. The fourth-order valence-corrected chi connectivity index (χ4v) is 5.25. The number of quaternary nitrogens is 1. The number of unbranched alkanes of at least 4 members (excludes halogenated alkanes) is 1. The average Bonchev–Trinajstić information content (AvgIpc) is 2.74. The Hall–Kier alpha value is -1.95. The number of carbonyl (C=O) groups is 1. The number of carbonyl (C=O) groups excluding carboxylic acids is 1. The molecule has 0 saturated carbocycles. The summed E-state index contributed by atoms with van der Waals surface area (Å²) in [6.45, 7) is 12.1. The molecule has 1 amide bonds. The second-order valence-electron chi connectivity index (χ2n) is 10.8. The fraction of sp³-hybridized carbons (Fsp3) is 0.387. The summed E-state index contributed by atoms with van der Waals surface area (Å²) in [5.74, 6) is 0.0978. The summed E-state index contributed by atoms with van der Waals surface area (Å²) in [5, 5.41) is 0. The van der Waals surface area contributed by atoms with Crippen molar-refractivity contribution in [3.63, 3.8) is 0 Å². The molecule has 0 saturated heterocycles. The first-order chi connectivity index (χ1) is 16.5. The molecule has 5 heteroatoms. The largest absolute Gasteiger partial charge is 1.00 e.